The lowest BCUT2D eigenvalue weighted by molar-refractivity contribution is 0.475. The Morgan fingerprint density at radius 1 is 1.25 bits per heavy atom. The SMILES string of the molecule is Nn1cnnc1N/N=C/c1c(O)ccc2ccccc12. The highest BCUT2D eigenvalue weighted by Gasteiger charge is 2.04. The molecule has 3 rings (SSSR count). The van der Waals surface area contributed by atoms with Crippen molar-refractivity contribution < 1.29 is 5.11 Å². The van der Waals surface area contributed by atoms with Gasteiger partial charge >= 0.3 is 0 Å². The summed E-state index contributed by atoms with van der Waals surface area (Å²) in [4.78, 5) is 0. The summed E-state index contributed by atoms with van der Waals surface area (Å²) in [6, 6.07) is 11.2. The molecule has 7 heteroatoms. The second-order valence-electron chi connectivity index (χ2n) is 4.15. The van der Waals surface area contributed by atoms with Crippen molar-refractivity contribution in [2.45, 2.75) is 0 Å². The van der Waals surface area contributed by atoms with Crippen LogP contribution in [0.5, 0.6) is 5.75 Å². The Balaban J connectivity index is 1.94. The van der Waals surface area contributed by atoms with Gasteiger partial charge in [-0.05, 0) is 16.8 Å². The molecule has 4 N–H and O–H groups in total. The zero-order chi connectivity index (χ0) is 13.9. The molecule has 0 fully saturated rings. The van der Waals surface area contributed by atoms with E-state index in [2.05, 4.69) is 20.7 Å². The van der Waals surface area contributed by atoms with E-state index >= 15 is 0 Å². The second-order valence-corrected chi connectivity index (χ2v) is 4.15. The fraction of sp³-hybridized carbons (Fsp3) is 0. The van der Waals surface area contributed by atoms with Crippen molar-refractivity contribution in [2.75, 3.05) is 11.3 Å². The normalized spacial score (nSPS) is 11.2. The molecule has 0 atom stereocenters. The Hall–Kier alpha value is -3.09. The fourth-order valence-electron chi connectivity index (χ4n) is 1.90. The number of aromatic nitrogens is 3. The van der Waals surface area contributed by atoms with Gasteiger partial charge in [0.15, 0.2) is 0 Å². The number of nitrogens with one attached hydrogen (secondary N) is 1. The van der Waals surface area contributed by atoms with Gasteiger partial charge in [0, 0.05) is 5.56 Å². The Morgan fingerprint density at radius 2 is 2.10 bits per heavy atom. The van der Waals surface area contributed by atoms with Gasteiger partial charge in [-0.15, -0.1) is 10.2 Å². The number of phenolic OH excluding ortho intramolecular Hbond substituents is 1. The van der Waals surface area contributed by atoms with Crippen LogP contribution in [0, 0.1) is 0 Å². The molecule has 0 spiro atoms. The Labute approximate surface area is 114 Å². The number of nitrogens with zero attached hydrogens (tertiary/aromatic N) is 4. The highest BCUT2D eigenvalue weighted by molar-refractivity contribution is 6.02. The lowest BCUT2D eigenvalue weighted by Gasteiger charge is -2.04. The average molecular weight is 268 g/mol. The van der Waals surface area contributed by atoms with E-state index in [1.165, 1.54) is 17.2 Å². The average Bonchev–Trinajstić information content (AvgIpc) is 2.87. The van der Waals surface area contributed by atoms with Crippen molar-refractivity contribution in [3.8, 4) is 5.75 Å². The van der Waals surface area contributed by atoms with Crippen LogP contribution in [0.15, 0.2) is 47.8 Å². The van der Waals surface area contributed by atoms with Gasteiger partial charge in [0.25, 0.3) is 5.95 Å². The Bertz CT molecular complexity index is 779. The van der Waals surface area contributed by atoms with Gasteiger partial charge in [0.1, 0.15) is 12.1 Å². The number of aromatic hydroxyl groups is 1. The molecule has 0 unspecified atom stereocenters. The molecule has 7 nitrogen and oxygen atoms in total. The van der Waals surface area contributed by atoms with Gasteiger partial charge < -0.3 is 10.9 Å². The standard InChI is InChI=1S/C13H12N6O/c14-19-8-16-18-13(19)17-15-7-11-10-4-2-1-3-9(10)5-6-12(11)20/h1-8,20H,14H2,(H,17,18)/b15-7+. The summed E-state index contributed by atoms with van der Waals surface area (Å²) < 4.78 is 1.21. The zero-order valence-corrected chi connectivity index (χ0v) is 10.4. The van der Waals surface area contributed by atoms with E-state index in [9.17, 15) is 5.11 Å². The summed E-state index contributed by atoms with van der Waals surface area (Å²) in [6.07, 6.45) is 2.87. The number of rotatable bonds is 3. The van der Waals surface area contributed by atoms with E-state index in [1.807, 2.05) is 30.3 Å². The van der Waals surface area contributed by atoms with Crippen molar-refractivity contribution in [1.29, 1.82) is 0 Å². The minimum atomic E-state index is 0.156. The molecule has 0 amide bonds. The molecule has 1 aromatic heterocycles. The number of nitrogen functional groups attached to an aromatic ring is 1. The minimum Gasteiger partial charge on any atom is -0.507 e. The summed E-state index contributed by atoms with van der Waals surface area (Å²) in [5.74, 6) is 6.01. The van der Waals surface area contributed by atoms with Crippen molar-refractivity contribution >= 4 is 22.9 Å². The molecule has 0 bridgehead atoms. The van der Waals surface area contributed by atoms with E-state index in [4.69, 9.17) is 5.84 Å². The van der Waals surface area contributed by atoms with Gasteiger partial charge in [0.2, 0.25) is 0 Å². The summed E-state index contributed by atoms with van der Waals surface area (Å²) in [5.41, 5.74) is 3.28. The van der Waals surface area contributed by atoms with Gasteiger partial charge in [-0.25, -0.2) is 10.1 Å². The van der Waals surface area contributed by atoms with Crippen molar-refractivity contribution in [3.05, 3.63) is 48.3 Å². The maximum atomic E-state index is 9.94. The lowest BCUT2D eigenvalue weighted by Crippen LogP contribution is -2.10. The molecular weight excluding hydrogens is 256 g/mol. The minimum absolute atomic E-state index is 0.156. The molecule has 2 aromatic carbocycles. The van der Waals surface area contributed by atoms with Crippen LogP contribution in [-0.2, 0) is 0 Å². The first-order valence-electron chi connectivity index (χ1n) is 5.90. The molecule has 1 heterocycles. The number of hydrogen-bond acceptors (Lipinski definition) is 6. The van der Waals surface area contributed by atoms with E-state index < -0.39 is 0 Å². The molecule has 0 saturated carbocycles. The Morgan fingerprint density at radius 3 is 2.90 bits per heavy atom. The number of hydrazone groups is 1. The Kier molecular flexibility index (Phi) is 2.92. The topological polar surface area (TPSA) is 101 Å². The van der Waals surface area contributed by atoms with E-state index in [0.717, 1.165) is 10.8 Å². The van der Waals surface area contributed by atoms with Crippen LogP contribution in [0.25, 0.3) is 10.8 Å². The first-order chi connectivity index (χ1) is 9.75. The highest BCUT2D eigenvalue weighted by Crippen LogP contribution is 2.25. The van der Waals surface area contributed by atoms with Crippen molar-refractivity contribution in [3.63, 3.8) is 0 Å². The molecule has 0 aliphatic heterocycles. The lowest BCUT2D eigenvalue weighted by atomic mass is 10.0. The summed E-state index contributed by atoms with van der Waals surface area (Å²) in [6.45, 7) is 0. The van der Waals surface area contributed by atoms with E-state index in [-0.39, 0.29) is 5.75 Å². The highest BCUT2D eigenvalue weighted by atomic mass is 16.3. The van der Waals surface area contributed by atoms with E-state index in [1.54, 1.807) is 6.07 Å². The molecule has 0 aliphatic rings. The van der Waals surface area contributed by atoms with Crippen LogP contribution in [0.3, 0.4) is 0 Å². The van der Waals surface area contributed by atoms with Crippen LogP contribution in [-0.4, -0.2) is 26.2 Å². The third-order valence-electron chi connectivity index (χ3n) is 2.88. The fourth-order valence-corrected chi connectivity index (χ4v) is 1.90. The molecule has 3 aromatic rings. The largest absolute Gasteiger partial charge is 0.507 e. The quantitative estimate of drug-likeness (QED) is 0.377. The van der Waals surface area contributed by atoms with Gasteiger partial charge in [-0.3, -0.25) is 0 Å². The number of benzene rings is 2. The maximum Gasteiger partial charge on any atom is 0.263 e. The first kappa shape index (κ1) is 12.0. The molecule has 0 radical (unpaired) electrons. The maximum absolute atomic E-state index is 9.94. The van der Waals surface area contributed by atoms with Crippen LogP contribution in [0.1, 0.15) is 5.56 Å². The van der Waals surface area contributed by atoms with Crippen LogP contribution in [0.4, 0.5) is 5.95 Å². The van der Waals surface area contributed by atoms with Crippen LogP contribution >= 0.6 is 0 Å². The molecule has 0 aliphatic carbocycles. The molecular formula is C13H12N6O. The first-order valence-corrected chi connectivity index (χ1v) is 5.90. The van der Waals surface area contributed by atoms with E-state index in [0.29, 0.717) is 11.5 Å². The predicted molar refractivity (Wildman–Crippen MR) is 77.0 cm³/mol. The number of hydrogen-bond donors (Lipinski definition) is 3. The van der Waals surface area contributed by atoms with Crippen molar-refractivity contribution in [2.24, 2.45) is 5.10 Å². The zero-order valence-electron chi connectivity index (χ0n) is 10.4. The number of phenols is 1. The molecule has 100 valence electrons. The number of fused-ring (bicyclic) bond motifs is 1. The second kappa shape index (κ2) is 4.88. The third-order valence-corrected chi connectivity index (χ3v) is 2.88. The third kappa shape index (κ3) is 2.12. The van der Waals surface area contributed by atoms with Crippen LogP contribution in [0.2, 0.25) is 0 Å². The number of nitrogens with two attached hydrogens (primary N) is 1. The predicted octanol–water partition coefficient (Wildman–Crippen LogP) is 1.30. The number of anilines is 1. The summed E-state index contributed by atoms with van der Waals surface area (Å²) in [5, 5.41) is 23.2. The smallest absolute Gasteiger partial charge is 0.263 e. The molecule has 20 heavy (non-hydrogen) atoms. The molecule has 0 saturated heterocycles. The van der Waals surface area contributed by atoms with Gasteiger partial charge in [-0.1, -0.05) is 30.3 Å². The van der Waals surface area contributed by atoms with Gasteiger partial charge in [0.05, 0.1) is 6.21 Å². The summed E-state index contributed by atoms with van der Waals surface area (Å²) >= 11 is 0. The summed E-state index contributed by atoms with van der Waals surface area (Å²) in [7, 11) is 0. The van der Waals surface area contributed by atoms with Gasteiger partial charge in [-0.2, -0.15) is 5.10 Å². The van der Waals surface area contributed by atoms with Crippen molar-refractivity contribution in [1.82, 2.24) is 14.9 Å². The van der Waals surface area contributed by atoms with Crippen LogP contribution < -0.4 is 11.3 Å². The monoisotopic (exact) mass is 268 g/mol.